The van der Waals surface area contributed by atoms with E-state index < -0.39 is 17.7 Å². The lowest BCUT2D eigenvalue weighted by Crippen LogP contribution is -2.29. The van der Waals surface area contributed by atoms with E-state index in [1.165, 1.54) is 19.1 Å². The lowest BCUT2D eigenvalue weighted by atomic mass is 9.98. The van der Waals surface area contributed by atoms with Gasteiger partial charge in [-0.15, -0.1) is 0 Å². The van der Waals surface area contributed by atoms with Gasteiger partial charge in [0.15, 0.2) is 11.5 Å². The van der Waals surface area contributed by atoms with Crippen LogP contribution in [0.1, 0.15) is 22.9 Å². The van der Waals surface area contributed by atoms with Gasteiger partial charge in [-0.1, -0.05) is 6.07 Å². The molecule has 0 aliphatic carbocycles. The van der Waals surface area contributed by atoms with Crippen LogP contribution in [0.15, 0.2) is 72.7 Å². The molecule has 1 N–H and O–H groups in total. The van der Waals surface area contributed by atoms with E-state index in [1.807, 2.05) is 0 Å². The Hall–Kier alpha value is -4.20. The van der Waals surface area contributed by atoms with E-state index in [9.17, 15) is 14.7 Å². The molecule has 0 spiro atoms. The largest absolute Gasteiger partial charge is 0.507 e. The normalized spacial score (nSPS) is 17.4. The molecule has 0 radical (unpaired) electrons. The van der Waals surface area contributed by atoms with Crippen molar-refractivity contribution in [3.63, 3.8) is 0 Å². The third kappa shape index (κ3) is 3.78. The standard InChI is InChI=1S/C24H21N3O5/c1-31-18-7-6-16(13-19(18)32-2)22(28)20-21(17-5-3-4-10-26-17)27(24(30)23(20)29)14-15-8-11-25-12-9-15/h3-13,21,28H,14H2,1-2H3/b22-20-. The van der Waals surface area contributed by atoms with Crippen molar-refractivity contribution in [2.45, 2.75) is 12.6 Å². The molecule has 1 amide bonds. The zero-order valence-corrected chi connectivity index (χ0v) is 17.6. The third-order valence-electron chi connectivity index (χ3n) is 5.27. The number of benzene rings is 1. The summed E-state index contributed by atoms with van der Waals surface area (Å²) in [5.74, 6) is -0.931. The van der Waals surface area contributed by atoms with E-state index >= 15 is 0 Å². The monoisotopic (exact) mass is 431 g/mol. The topological polar surface area (TPSA) is 102 Å². The zero-order valence-electron chi connectivity index (χ0n) is 17.6. The van der Waals surface area contributed by atoms with E-state index in [4.69, 9.17) is 9.47 Å². The molecule has 4 rings (SSSR count). The molecule has 8 nitrogen and oxygen atoms in total. The summed E-state index contributed by atoms with van der Waals surface area (Å²) in [6.07, 6.45) is 4.81. The van der Waals surface area contributed by atoms with E-state index in [0.29, 0.717) is 22.8 Å². The fraction of sp³-hybridized carbons (Fsp3) is 0.167. The summed E-state index contributed by atoms with van der Waals surface area (Å²) in [5.41, 5.74) is 1.57. The van der Waals surface area contributed by atoms with Gasteiger partial charge in [-0.3, -0.25) is 19.6 Å². The molecule has 0 saturated carbocycles. The number of ether oxygens (including phenoxy) is 2. The Morgan fingerprint density at radius 1 is 1.00 bits per heavy atom. The number of aliphatic hydroxyl groups excluding tert-OH is 1. The van der Waals surface area contributed by atoms with Gasteiger partial charge in [0.05, 0.1) is 25.5 Å². The van der Waals surface area contributed by atoms with Crippen molar-refractivity contribution in [3.8, 4) is 11.5 Å². The number of nitrogens with zero attached hydrogens (tertiary/aromatic N) is 3. The minimum Gasteiger partial charge on any atom is -0.507 e. The lowest BCUT2D eigenvalue weighted by Gasteiger charge is -2.24. The number of aromatic nitrogens is 2. The number of Topliss-reactive ketones (excluding diaryl/α,β-unsaturated/α-hetero) is 1. The van der Waals surface area contributed by atoms with Gasteiger partial charge in [0, 0.05) is 30.7 Å². The summed E-state index contributed by atoms with van der Waals surface area (Å²) >= 11 is 0. The van der Waals surface area contributed by atoms with Gasteiger partial charge in [0.1, 0.15) is 11.8 Å². The Morgan fingerprint density at radius 3 is 2.41 bits per heavy atom. The van der Waals surface area contributed by atoms with Crippen molar-refractivity contribution >= 4 is 17.4 Å². The highest BCUT2D eigenvalue weighted by Gasteiger charge is 2.46. The first-order chi connectivity index (χ1) is 15.5. The number of hydrogen-bond acceptors (Lipinski definition) is 7. The second-order valence-electron chi connectivity index (χ2n) is 7.11. The summed E-state index contributed by atoms with van der Waals surface area (Å²) in [7, 11) is 2.98. The highest BCUT2D eigenvalue weighted by Crippen LogP contribution is 2.40. The van der Waals surface area contributed by atoms with E-state index in [-0.39, 0.29) is 17.9 Å². The van der Waals surface area contributed by atoms with Crippen molar-refractivity contribution in [1.29, 1.82) is 0 Å². The van der Waals surface area contributed by atoms with Crippen LogP contribution in [0.2, 0.25) is 0 Å². The predicted octanol–water partition coefficient (Wildman–Crippen LogP) is 3.12. The first-order valence-electron chi connectivity index (χ1n) is 9.85. The van der Waals surface area contributed by atoms with Crippen LogP contribution >= 0.6 is 0 Å². The first kappa shape index (κ1) is 21.0. The molecule has 1 atom stereocenters. The average molecular weight is 431 g/mol. The molecule has 2 aromatic heterocycles. The number of hydrogen-bond donors (Lipinski definition) is 1. The van der Waals surface area contributed by atoms with Crippen LogP contribution in [-0.2, 0) is 16.1 Å². The molecule has 1 unspecified atom stereocenters. The van der Waals surface area contributed by atoms with Crippen LogP contribution in [0, 0.1) is 0 Å². The number of methoxy groups -OCH3 is 2. The molecule has 0 bridgehead atoms. The molecule has 1 saturated heterocycles. The van der Waals surface area contributed by atoms with Crippen LogP contribution in [-0.4, -0.2) is 45.9 Å². The highest BCUT2D eigenvalue weighted by molar-refractivity contribution is 6.46. The van der Waals surface area contributed by atoms with Crippen molar-refractivity contribution < 1.29 is 24.2 Å². The van der Waals surface area contributed by atoms with Crippen LogP contribution in [0.25, 0.3) is 5.76 Å². The molecule has 1 aromatic carbocycles. The second-order valence-corrected chi connectivity index (χ2v) is 7.11. The van der Waals surface area contributed by atoms with Crippen LogP contribution in [0.4, 0.5) is 0 Å². The number of pyridine rings is 2. The van der Waals surface area contributed by atoms with Gasteiger partial charge in [0.25, 0.3) is 11.7 Å². The van der Waals surface area contributed by atoms with Gasteiger partial charge in [-0.05, 0) is 48.0 Å². The number of rotatable bonds is 6. The third-order valence-corrected chi connectivity index (χ3v) is 5.27. The number of likely N-dealkylation sites (tertiary alicyclic amines) is 1. The molecular weight excluding hydrogens is 410 g/mol. The van der Waals surface area contributed by atoms with Crippen molar-refractivity contribution in [1.82, 2.24) is 14.9 Å². The first-order valence-corrected chi connectivity index (χ1v) is 9.85. The summed E-state index contributed by atoms with van der Waals surface area (Å²) in [6.45, 7) is 0.164. The SMILES string of the molecule is COc1ccc(/C(O)=C2/C(=O)C(=O)N(Cc3ccncc3)C2c2ccccn2)cc1OC. The molecule has 32 heavy (non-hydrogen) atoms. The number of ketones is 1. The minimum absolute atomic E-state index is 0.0324. The Labute approximate surface area is 184 Å². The Kier molecular flexibility index (Phi) is 5.85. The van der Waals surface area contributed by atoms with Crippen LogP contribution in [0.3, 0.4) is 0 Å². The summed E-state index contributed by atoms with van der Waals surface area (Å²) in [4.78, 5) is 35.8. The van der Waals surface area contributed by atoms with Crippen LogP contribution < -0.4 is 9.47 Å². The number of amides is 1. The lowest BCUT2D eigenvalue weighted by molar-refractivity contribution is -0.140. The predicted molar refractivity (Wildman–Crippen MR) is 116 cm³/mol. The quantitative estimate of drug-likeness (QED) is 0.363. The Balaban J connectivity index is 1.85. The average Bonchev–Trinajstić information content (AvgIpc) is 3.09. The molecular formula is C24H21N3O5. The number of carbonyl (C=O) groups excluding carboxylic acids is 2. The Morgan fingerprint density at radius 2 is 1.75 bits per heavy atom. The van der Waals surface area contributed by atoms with E-state index in [1.54, 1.807) is 67.1 Å². The van der Waals surface area contributed by atoms with Crippen molar-refractivity contribution in [3.05, 3.63) is 89.5 Å². The van der Waals surface area contributed by atoms with E-state index in [2.05, 4.69) is 9.97 Å². The van der Waals surface area contributed by atoms with Crippen molar-refractivity contribution in [2.75, 3.05) is 14.2 Å². The van der Waals surface area contributed by atoms with Gasteiger partial charge in [0.2, 0.25) is 0 Å². The minimum atomic E-state index is -0.850. The molecule has 3 aromatic rings. The fourth-order valence-electron chi connectivity index (χ4n) is 3.71. The molecule has 1 aliphatic rings. The number of aliphatic hydroxyl groups is 1. The molecule has 1 fully saturated rings. The van der Waals surface area contributed by atoms with Crippen LogP contribution in [0.5, 0.6) is 11.5 Å². The second kappa shape index (κ2) is 8.89. The summed E-state index contributed by atoms with van der Waals surface area (Å²) in [5, 5.41) is 11.2. The summed E-state index contributed by atoms with van der Waals surface area (Å²) < 4.78 is 10.6. The van der Waals surface area contributed by atoms with E-state index in [0.717, 1.165) is 5.56 Å². The molecule has 1 aliphatic heterocycles. The Bertz CT molecular complexity index is 1180. The summed E-state index contributed by atoms with van der Waals surface area (Å²) in [6, 6.07) is 12.7. The van der Waals surface area contributed by atoms with Gasteiger partial charge >= 0.3 is 0 Å². The van der Waals surface area contributed by atoms with Crippen molar-refractivity contribution in [2.24, 2.45) is 0 Å². The van der Waals surface area contributed by atoms with Gasteiger partial charge in [-0.25, -0.2) is 0 Å². The highest BCUT2D eigenvalue weighted by atomic mass is 16.5. The molecule has 162 valence electrons. The molecule has 3 heterocycles. The number of carbonyl (C=O) groups is 2. The van der Waals surface area contributed by atoms with Gasteiger partial charge < -0.3 is 19.5 Å². The maximum Gasteiger partial charge on any atom is 0.296 e. The smallest absolute Gasteiger partial charge is 0.296 e. The molecule has 8 heteroatoms. The maximum absolute atomic E-state index is 13.1. The fourth-order valence-corrected chi connectivity index (χ4v) is 3.71. The zero-order chi connectivity index (χ0) is 22.7. The maximum atomic E-state index is 13.1. The van der Waals surface area contributed by atoms with Gasteiger partial charge in [-0.2, -0.15) is 0 Å².